The van der Waals surface area contributed by atoms with Crippen molar-refractivity contribution in [3.05, 3.63) is 140 Å². The smallest absolute Gasteiger partial charge is 0.301 e. The average molecular weight is 699 g/mol. The number of carbonyl (C=O) groups is 2. The number of rotatable bonds is 9. The molecular weight excluding hydrogens is 670 g/mol. The second-order valence-electron chi connectivity index (χ2n) is 10.6. The molecule has 2 heterocycles. The minimum atomic E-state index is -0.901. The largest absolute Gasteiger partial charge is 0.507 e. The summed E-state index contributed by atoms with van der Waals surface area (Å²) in [5, 5.41) is 20.4. The second-order valence-corrected chi connectivity index (χ2v) is 13.7. The molecule has 226 valence electrons. The Balaban J connectivity index is 1.30. The van der Waals surface area contributed by atoms with Crippen LogP contribution in [0.3, 0.4) is 0 Å². The Bertz CT molecular complexity index is 1910. The number of hydrogen-bond donors (Lipinski definition) is 1. The van der Waals surface area contributed by atoms with Gasteiger partial charge >= 0.3 is 5.91 Å². The standard InChI is InChI=1S/C35H28BrN3O4S2/c1-21-10-12-23(13-11-21)20-44-35-38-37-34(45-35)39-30(25-8-5-9-27(36)18-25)29(32(41)33(39)42)31(40)24-14-16-28(17-15-24)43-19-26-7-4-3-6-22(26)2/h3-18,30,40H,19-20H2,1-2H3. The first-order valence-corrected chi connectivity index (χ1v) is 16.7. The fourth-order valence-electron chi connectivity index (χ4n) is 5.01. The molecule has 1 aliphatic rings. The maximum absolute atomic E-state index is 13.6. The number of ketones is 1. The highest BCUT2D eigenvalue weighted by Crippen LogP contribution is 2.44. The van der Waals surface area contributed by atoms with E-state index in [1.165, 1.54) is 33.6 Å². The number of anilines is 1. The number of amides is 1. The van der Waals surface area contributed by atoms with Crippen LogP contribution in [-0.2, 0) is 21.9 Å². The number of benzene rings is 4. The molecule has 45 heavy (non-hydrogen) atoms. The summed E-state index contributed by atoms with van der Waals surface area (Å²) in [7, 11) is 0. The number of aliphatic hydroxyl groups is 1. The maximum atomic E-state index is 13.6. The molecular formula is C35H28BrN3O4S2. The van der Waals surface area contributed by atoms with Gasteiger partial charge in [-0.1, -0.05) is 105 Å². The summed E-state index contributed by atoms with van der Waals surface area (Å²) >= 11 is 6.25. The number of aromatic nitrogens is 2. The lowest BCUT2D eigenvalue weighted by molar-refractivity contribution is -0.132. The molecule has 0 aliphatic carbocycles. The van der Waals surface area contributed by atoms with Crippen LogP contribution in [0.25, 0.3) is 5.76 Å². The van der Waals surface area contributed by atoms with Gasteiger partial charge < -0.3 is 9.84 Å². The van der Waals surface area contributed by atoms with Gasteiger partial charge in [-0.05, 0) is 72.5 Å². The molecule has 1 aromatic heterocycles. The molecule has 1 aliphatic heterocycles. The quantitative estimate of drug-likeness (QED) is 0.0544. The molecule has 0 bridgehead atoms. The molecule has 4 aromatic carbocycles. The van der Waals surface area contributed by atoms with Gasteiger partial charge in [0.2, 0.25) is 5.13 Å². The lowest BCUT2D eigenvalue weighted by Gasteiger charge is -2.22. The highest BCUT2D eigenvalue weighted by atomic mass is 79.9. The van der Waals surface area contributed by atoms with Crippen molar-refractivity contribution in [2.24, 2.45) is 0 Å². The maximum Gasteiger partial charge on any atom is 0.301 e. The Morgan fingerprint density at radius 3 is 2.44 bits per heavy atom. The van der Waals surface area contributed by atoms with E-state index >= 15 is 0 Å². The van der Waals surface area contributed by atoms with E-state index in [0.717, 1.165) is 21.2 Å². The molecule has 7 nitrogen and oxygen atoms in total. The van der Waals surface area contributed by atoms with Gasteiger partial charge in [0, 0.05) is 15.8 Å². The number of aliphatic hydroxyl groups excluding tert-OH is 1. The van der Waals surface area contributed by atoms with Crippen LogP contribution in [0.2, 0.25) is 0 Å². The number of Topliss-reactive ketones (excluding diaryl/α,β-unsaturated/α-hetero) is 1. The van der Waals surface area contributed by atoms with Crippen molar-refractivity contribution >= 4 is 61.6 Å². The molecule has 10 heteroatoms. The summed E-state index contributed by atoms with van der Waals surface area (Å²) in [5.41, 5.74) is 5.56. The molecule has 0 radical (unpaired) electrons. The van der Waals surface area contributed by atoms with E-state index < -0.39 is 17.7 Å². The lowest BCUT2D eigenvalue weighted by atomic mass is 9.95. The zero-order chi connectivity index (χ0) is 31.5. The van der Waals surface area contributed by atoms with Crippen LogP contribution in [0.15, 0.2) is 111 Å². The molecule has 5 aromatic rings. The Hall–Kier alpha value is -4.25. The SMILES string of the molecule is Cc1ccc(CSc2nnc(N3C(=O)C(=O)C(=C(O)c4ccc(OCc5ccccc5C)cc4)C3c3cccc(Br)c3)s2)cc1. The van der Waals surface area contributed by atoms with Crippen LogP contribution in [0, 0.1) is 13.8 Å². The third-order valence-corrected chi connectivity index (χ3v) is 10.1. The fraction of sp³-hybridized carbons (Fsp3) is 0.143. The third kappa shape index (κ3) is 6.73. The van der Waals surface area contributed by atoms with Crippen LogP contribution in [0.4, 0.5) is 5.13 Å². The van der Waals surface area contributed by atoms with Crippen LogP contribution < -0.4 is 9.64 Å². The highest BCUT2D eigenvalue weighted by molar-refractivity contribution is 9.10. The van der Waals surface area contributed by atoms with Crippen molar-refractivity contribution in [2.45, 2.75) is 36.6 Å². The van der Waals surface area contributed by atoms with Gasteiger partial charge in [-0.3, -0.25) is 14.5 Å². The molecule has 0 saturated carbocycles. The fourth-order valence-corrected chi connectivity index (χ4v) is 7.25. The third-order valence-electron chi connectivity index (χ3n) is 7.48. The van der Waals surface area contributed by atoms with Crippen molar-refractivity contribution in [3.8, 4) is 5.75 Å². The zero-order valence-electron chi connectivity index (χ0n) is 24.4. The predicted octanol–water partition coefficient (Wildman–Crippen LogP) is 8.42. The van der Waals surface area contributed by atoms with Crippen LogP contribution in [0.1, 0.15) is 39.4 Å². The number of thioether (sulfide) groups is 1. The Labute approximate surface area is 277 Å². The van der Waals surface area contributed by atoms with Gasteiger partial charge in [-0.25, -0.2) is 0 Å². The van der Waals surface area contributed by atoms with Gasteiger partial charge in [-0.2, -0.15) is 0 Å². The average Bonchev–Trinajstić information content (AvgIpc) is 3.62. The molecule has 0 spiro atoms. The summed E-state index contributed by atoms with van der Waals surface area (Å²) in [6.07, 6.45) is 0. The molecule has 1 fully saturated rings. The topological polar surface area (TPSA) is 92.6 Å². The monoisotopic (exact) mass is 697 g/mol. The highest BCUT2D eigenvalue weighted by Gasteiger charge is 2.48. The van der Waals surface area contributed by atoms with Gasteiger partial charge in [-0.15, -0.1) is 10.2 Å². The van der Waals surface area contributed by atoms with E-state index in [0.29, 0.717) is 33.6 Å². The summed E-state index contributed by atoms with van der Waals surface area (Å²) < 4.78 is 7.40. The summed E-state index contributed by atoms with van der Waals surface area (Å²) in [6, 6.07) is 29.5. The Morgan fingerprint density at radius 2 is 1.71 bits per heavy atom. The summed E-state index contributed by atoms with van der Waals surface area (Å²) in [5.74, 6) is -0.534. The number of hydrogen-bond acceptors (Lipinski definition) is 8. The van der Waals surface area contributed by atoms with E-state index in [2.05, 4.69) is 50.4 Å². The van der Waals surface area contributed by atoms with Gasteiger partial charge in [0.25, 0.3) is 5.78 Å². The number of halogens is 1. The van der Waals surface area contributed by atoms with E-state index in [1.54, 1.807) is 24.3 Å². The first kappa shape index (κ1) is 30.8. The summed E-state index contributed by atoms with van der Waals surface area (Å²) in [6.45, 7) is 4.48. The molecule has 6 rings (SSSR count). The van der Waals surface area contributed by atoms with Crippen molar-refractivity contribution in [1.82, 2.24) is 10.2 Å². The molecule has 1 amide bonds. The van der Waals surface area contributed by atoms with Crippen LogP contribution in [0.5, 0.6) is 5.75 Å². The zero-order valence-corrected chi connectivity index (χ0v) is 27.7. The van der Waals surface area contributed by atoms with Gasteiger partial charge in [0.15, 0.2) is 4.34 Å². The van der Waals surface area contributed by atoms with E-state index in [-0.39, 0.29) is 16.5 Å². The molecule has 1 N–H and O–H groups in total. The van der Waals surface area contributed by atoms with Gasteiger partial charge in [0.05, 0.1) is 11.6 Å². The number of aryl methyl sites for hydroxylation is 2. The minimum Gasteiger partial charge on any atom is -0.507 e. The number of carbonyl (C=O) groups excluding carboxylic acids is 2. The van der Waals surface area contributed by atoms with E-state index in [1.807, 2.05) is 62.4 Å². The second kappa shape index (κ2) is 13.4. The molecule has 1 atom stereocenters. The first-order chi connectivity index (χ1) is 21.8. The normalized spacial score (nSPS) is 15.9. The van der Waals surface area contributed by atoms with Gasteiger partial charge in [0.1, 0.15) is 18.1 Å². The van der Waals surface area contributed by atoms with Crippen LogP contribution >= 0.6 is 39.0 Å². The lowest BCUT2D eigenvalue weighted by Crippen LogP contribution is -2.29. The minimum absolute atomic E-state index is 0.0178. The van der Waals surface area contributed by atoms with Crippen molar-refractivity contribution in [3.63, 3.8) is 0 Å². The Morgan fingerprint density at radius 1 is 0.956 bits per heavy atom. The van der Waals surface area contributed by atoms with Crippen LogP contribution in [-0.4, -0.2) is 27.0 Å². The van der Waals surface area contributed by atoms with Crippen molar-refractivity contribution in [1.29, 1.82) is 0 Å². The van der Waals surface area contributed by atoms with Crippen molar-refractivity contribution in [2.75, 3.05) is 4.90 Å². The van der Waals surface area contributed by atoms with Crippen molar-refractivity contribution < 1.29 is 19.4 Å². The summed E-state index contributed by atoms with van der Waals surface area (Å²) in [4.78, 5) is 28.5. The Kier molecular flexibility index (Phi) is 9.16. The first-order valence-electron chi connectivity index (χ1n) is 14.1. The number of nitrogens with zero attached hydrogens (tertiary/aromatic N) is 3. The molecule has 1 saturated heterocycles. The van der Waals surface area contributed by atoms with E-state index in [4.69, 9.17) is 4.74 Å². The molecule has 1 unspecified atom stereocenters. The van der Waals surface area contributed by atoms with E-state index in [9.17, 15) is 14.7 Å². The number of ether oxygens (including phenoxy) is 1. The predicted molar refractivity (Wildman–Crippen MR) is 182 cm³/mol.